The summed E-state index contributed by atoms with van der Waals surface area (Å²) in [6.07, 6.45) is 0. The van der Waals surface area contributed by atoms with Gasteiger partial charge in [0, 0.05) is 34.7 Å². The minimum Gasteiger partial charge on any atom is -0.505 e. The lowest BCUT2D eigenvalue weighted by molar-refractivity contribution is 0.0723. The highest BCUT2D eigenvalue weighted by Gasteiger charge is 2.30. The van der Waals surface area contributed by atoms with Gasteiger partial charge in [-0.2, -0.15) is 4.31 Å². The third-order valence-corrected chi connectivity index (χ3v) is 9.86. The van der Waals surface area contributed by atoms with Crippen molar-refractivity contribution in [2.75, 3.05) is 0 Å². The number of aromatic nitrogens is 1. The lowest BCUT2D eigenvalue weighted by Gasteiger charge is -2.25. The van der Waals surface area contributed by atoms with Gasteiger partial charge in [-0.1, -0.05) is 76.7 Å². The molecule has 14 heteroatoms. The lowest BCUT2D eigenvalue weighted by atomic mass is 10.1. The second-order valence-corrected chi connectivity index (χ2v) is 14.3. The van der Waals surface area contributed by atoms with Crippen LogP contribution in [0.4, 0.5) is 8.78 Å². The highest BCUT2D eigenvalue weighted by molar-refractivity contribution is 7.89. The molecule has 1 amide bonds. The Bertz CT molecular complexity index is 2050. The normalized spacial score (nSPS) is 11.6. The number of carbonyl (C=O) groups excluding carboxylic acids is 1. The Balaban J connectivity index is 1.50. The third kappa shape index (κ3) is 8.82. The van der Waals surface area contributed by atoms with Crippen LogP contribution in [0.15, 0.2) is 102 Å². The average molecular weight is 751 g/mol. The van der Waals surface area contributed by atoms with Crippen LogP contribution in [-0.2, 0) is 36.2 Å². The van der Waals surface area contributed by atoms with Crippen molar-refractivity contribution >= 4 is 62.3 Å². The number of phenols is 1. The molecule has 5 rings (SSSR count). The number of halogens is 6. The molecule has 0 spiro atoms. The smallest absolute Gasteiger partial charge is 0.273 e. The standard InChI is InChI=1S/C34H25Cl4F2N3O4S/c35-24-12-23(13-25(36)14-24)18-42(17-21-4-8-27(39)9-5-21)34(45)31-3-1-2-29(41-31)20-43(19-22-6-10-28(40)11-7-22)48(46,47)32-16-26(37)15-30(38)33(32)44/h1-16,44H,17-20H2. The van der Waals surface area contributed by atoms with E-state index in [0.717, 1.165) is 10.4 Å². The first kappa shape index (κ1) is 35.5. The van der Waals surface area contributed by atoms with Crippen LogP contribution in [0.1, 0.15) is 32.9 Å². The number of hydrogen-bond donors (Lipinski definition) is 1. The van der Waals surface area contributed by atoms with Crippen molar-refractivity contribution < 1.29 is 27.1 Å². The van der Waals surface area contributed by atoms with Crippen molar-refractivity contribution in [3.63, 3.8) is 0 Å². The van der Waals surface area contributed by atoms with Gasteiger partial charge in [-0.05, 0) is 83.4 Å². The summed E-state index contributed by atoms with van der Waals surface area (Å²) in [5.74, 6) is -2.14. The number of nitrogens with zero attached hydrogens (tertiary/aromatic N) is 3. The molecule has 0 aliphatic carbocycles. The number of pyridine rings is 1. The molecule has 0 aliphatic heterocycles. The van der Waals surface area contributed by atoms with E-state index in [1.807, 2.05) is 0 Å². The van der Waals surface area contributed by atoms with E-state index in [0.29, 0.717) is 26.7 Å². The molecule has 1 N–H and O–H groups in total. The maximum Gasteiger partial charge on any atom is 0.273 e. The van der Waals surface area contributed by atoms with E-state index in [4.69, 9.17) is 46.4 Å². The minimum absolute atomic E-state index is 0.00415. The van der Waals surface area contributed by atoms with Gasteiger partial charge in [-0.25, -0.2) is 22.2 Å². The van der Waals surface area contributed by atoms with Crippen molar-refractivity contribution in [1.82, 2.24) is 14.2 Å². The number of hydrogen-bond acceptors (Lipinski definition) is 5. The molecule has 48 heavy (non-hydrogen) atoms. The predicted molar refractivity (Wildman–Crippen MR) is 182 cm³/mol. The van der Waals surface area contributed by atoms with Gasteiger partial charge in [0.2, 0.25) is 10.0 Å². The largest absolute Gasteiger partial charge is 0.505 e. The van der Waals surface area contributed by atoms with E-state index in [-0.39, 0.29) is 47.6 Å². The molecule has 7 nitrogen and oxygen atoms in total. The Morgan fingerprint density at radius 1 is 0.688 bits per heavy atom. The minimum atomic E-state index is -4.50. The van der Waals surface area contributed by atoms with E-state index in [1.54, 1.807) is 36.4 Å². The van der Waals surface area contributed by atoms with Gasteiger partial charge in [0.15, 0.2) is 5.75 Å². The fourth-order valence-corrected chi connectivity index (χ4v) is 7.57. The molecule has 0 fully saturated rings. The zero-order valence-electron chi connectivity index (χ0n) is 24.8. The zero-order chi connectivity index (χ0) is 34.6. The van der Waals surface area contributed by atoms with Gasteiger partial charge < -0.3 is 10.0 Å². The number of benzene rings is 4. The zero-order valence-corrected chi connectivity index (χ0v) is 28.6. The molecule has 248 valence electrons. The summed E-state index contributed by atoms with van der Waals surface area (Å²) in [6, 6.07) is 22.6. The fraction of sp³-hybridized carbons (Fsp3) is 0.118. The van der Waals surface area contributed by atoms with Crippen LogP contribution in [-0.4, -0.2) is 33.6 Å². The summed E-state index contributed by atoms with van der Waals surface area (Å²) in [6.45, 7) is -0.457. The van der Waals surface area contributed by atoms with Crippen LogP contribution in [0.25, 0.3) is 0 Å². The van der Waals surface area contributed by atoms with Gasteiger partial charge in [0.25, 0.3) is 5.91 Å². The van der Waals surface area contributed by atoms with Crippen molar-refractivity contribution in [3.05, 3.63) is 157 Å². The molecule has 0 atom stereocenters. The highest BCUT2D eigenvalue weighted by atomic mass is 35.5. The second-order valence-electron chi connectivity index (χ2n) is 10.7. The Kier molecular flexibility index (Phi) is 11.2. The summed E-state index contributed by atoms with van der Waals surface area (Å²) in [5, 5.41) is 11.1. The number of aromatic hydroxyl groups is 1. The number of carbonyl (C=O) groups is 1. The molecule has 0 aliphatic rings. The first-order valence-corrected chi connectivity index (χ1v) is 17.1. The number of rotatable bonds is 11. The summed E-state index contributed by atoms with van der Waals surface area (Å²) in [4.78, 5) is 19.4. The molecule has 0 bridgehead atoms. The fourth-order valence-electron chi connectivity index (χ4n) is 4.86. The SMILES string of the molecule is O=C(c1cccc(CN(Cc2ccc(F)cc2)S(=O)(=O)c2cc(Cl)cc(Cl)c2O)n1)N(Cc1ccc(F)cc1)Cc1cc(Cl)cc(Cl)c1. The molecule has 0 unspecified atom stereocenters. The Morgan fingerprint density at radius 3 is 1.83 bits per heavy atom. The molecule has 1 heterocycles. The van der Waals surface area contributed by atoms with E-state index in [1.165, 1.54) is 59.5 Å². The van der Waals surface area contributed by atoms with Gasteiger partial charge in [-0.15, -0.1) is 0 Å². The Morgan fingerprint density at radius 2 is 1.23 bits per heavy atom. The van der Waals surface area contributed by atoms with Gasteiger partial charge in [0.1, 0.15) is 22.2 Å². The molecular weight excluding hydrogens is 726 g/mol. The first-order chi connectivity index (χ1) is 22.8. The van der Waals surface area contributed by atoms with E-state index in [2.05, 4.69) is 4.98 Å². The van der Waals surface area contributed by atoms with Crippen molar-refractivity contribution in [1.29, 1.82) is 0 Å². The summed E-state index contributed by atoms with van der Waals surface area (Å²) < 4.78 is 56.2. The predicted octanol–water partition coefficient (Wildman–Crippen LogP) is 8.91. The molecule has 5 aromatic rings. The molecule has 1 aromatic heterocycles. The quantitative estimate of drug-likeness (QED) is 0.146. The average Bonchev–Trinajstić information content (AvgIpc) is 3.03. The number of amides is 1. The number of phenolic OH excluding ortho intramolecular Hbond substituents is 1. The van der Waals surface area contributed by atoms with Crippen molar-refractivity contribution in [2.24, 2.45) is 0 Å². The van der Waals surface area contributed by atoms with Gasteiger partial charge in [-0.3, -0.25) is 4.79 Å². The van der Waals surface area contributed by atoms with E-state index >= 15 is 0 Å². The molecule has 0 saturated heterocycles. The Hall–Kier alpha value is -3.77. The maximum atomic E-state index is 14.0. The maximum absolute atomic E-state index is 14.0. The summed E-state index contributed by atoms with van der Waals surface area (Å²) in [5.41, 5.74) is 1.90. The monoisotopic (exact) mass is 749 g/mol. The number of sulfonamides is 1. The van der Waals surface area contributed by atoms with Crippen LogP contribution < -0.4 is 0 Å². The van der Waals surface area contributed by atoms with Gasteiger partial charge >= 0.3 is 0 Å². The van der Waals surface area contributed by atoms with Crippen molar-refractivity contribution in [3.8, 4) is 5.75 Å². The van der Waals surface area contributed by atoms with Crippen molar-refractivity contribution in [2.45, 2.75) is 31.1 Å². The molecule has 0 radical (unpaired) electrons. The van der Waals surface area contributed by atoms with Crippen LogP contribution in [0.5, 0.6) is 5.75 Å². The molecular formula is C34H25Cl4F2N3O4S. The third-order valence-electron chi connectivity index (χ3n) is 7.12. The summed E-state index contributed by atoms with van der Waals surface area (Å²) >= 11 is 24.5. The van der Waals surface area contributed by atoms with E-state index in [9.17, 15) is 27.1 Å². The summed E-state index contributed by atoms with van der Waals surface area (Å²) in [7, 11) is -4.50. The first-order valence-electron chi connectivity index (χ1n) is 14.2. The van der Waals surface area contributed by atoms with E-state index < -0.39 is 38.2 Å². The molecule has 4 aromatic carbocycles. The molecule has 0 saturated carbocycles. The Labute approximate surface area is 295 Å². The van der Waals surface area contributed by atoms with Gasteiger partial charge in [0.05, 0.1) is 17.3 Å². The lowest BCUT2D eigenvalue weighted by Crippen LogP contribution is -2.32. The van der Waals surface area contributed by atoms with Crippen LogP contribution in [0.3, 0.4) is 0 Å². The van der Waals surface area contributed by atoms with Crippen LogP contribution in [0.2, 0.25) is 20.1 Å². The highest BCUT2D eigenvalue weighted by Crippen LogP contribution is 2.36. The second kappa shape index (κ2) is 15.2. The topological polar surface area (TPSA) is 90.8 Å². The van der Waals surface area contributed by atoms with Crippen LogP contribution in [0, 0.1) is 11.6 Å². The van der Waals surface area contributed by atoms with Crippen LogP contribution >= 0.6 is 46.4 Å².